The average Bonchev–Trinajstić information content (AvgIpc) is 3.34. The molecule has 0 saturated heterocycles. The molecule has 0 spiro atoms. The summed E-state index contributed by atoms with van der Waals surface area (Å²) in [6, 6.07) is 0. The molecule has 0 radical (unpaired) electrons. The molecule has 0 aromatic heterocycles. The summed E-state index contributed by atoms with van der Waals surface area (Å²) in [7, 11) is 0. The second-order valence-corrected chi connectivity index (χ2v) is 18.8. The van der Waals surface area contributed by atoms with Crippen LogP contribution in [0.3, 0.4) is 0 Å². The molecule has 0 amide bonds. The van der Waals surface area contributed by atoms with Crippen LogP contribution in [0.1, 0.15) is 265 Å². The Morgan fingerprint density at radius 2 is 0.662 bits per heavy atom. The van der Waals surface area contributed by atoms with E-state index < -0.39 is 6.10 Å². The highest BCUT2D eigenvalue weighted by Crippen LogP contribution is 2.15. The number of carbonyl (C=O) groups is 2. The number of esters is 2. The summed E-state index contributed by atoms with van der Waals surface area (Å²) in [6.07, 6.45) is 78.5. The Morgan fingerprint density at radius 3 is 1.10 bits per heavy atom. The van der Waals surface area contributed by atoms with Gasteiger partial charge in [-0.05, 0) is 103 Å². The summed E-state index contributed by atoms with van der Waals surface area (Å²) in [5.41, 5.74) is 0. The molecule has 0 aromatic carbocycles. The van der Waals surface area contributed by atoms with Crippen molar-refractivity contribution in [2.24, 2.45) is 0 Å². The molecule has 5 nitrogen and oxygen atoms in total. The number of unbranched alkanes of at least 4 members (excludes halogenated alkanes) is 25. The Bertz CT molecular complexity index is 1300. The van der Waals surface area contributed by atoms with Gasteiger partial charge < -0.3 is 14.2 Å². The van der Waals surface area contributed by atoms with Gasteiger partial charge in [-0.25, -0.2) is 0 Å². The maximum absolute atomic E-state index is 12.9. The molecule has 0 N–H and O–H groups in total. The monoisotopic (exact) mass is 945 g/mol. The number of hydrogen-bond acceptors (Lipinski definition) is 5. The van der Waals surface area contributed by atoms with Gasteiger partial charge in [0, 0.05) is 19.4 Å². The first-order valence-electron chi connectivity index (χ1n) is 28.8. The van der Waals surface area contributed by atoms with E-state index in [0.717, 1.165) is 116 Å². The average molecular weight is 946 g/mol. The molecule has 0 aliphatic rings. The largest absolute Gasteiger partial charge is 0.462 e. The fraction of sp³-hybridized carbons (Fsp3) is 0.714. The molecule has 0 aromatic rings. The van der Waals surface area contributed by atoms with Gasteiger partial charge >= 0.3 is 11.9 Å². The minimum atomic E-state index is -0.567. The summed E-state index contributed by atoms with van der Waals surface area (Å²) < 4.78 is 17.4. The van der Waals surface area contributed by atoms with Crippen molar-refractivity contribution in [3.63, 3.8) is 0 Å². The Kier molecular flexibility index (Phi) is 55.4. The Morgan fingerprint density at radius 1 is 0.338 bits per heavy atom. The highest BCUT2D eigenvalue weighted by molar-refractivity contribution is 5.70. The molecular formula is C63H108O5. The number of ether oxygens (including phenoxy) is 3. The summed E-state index contributed by atoms with van der Waals surface area (Å²) in [6.45, 7) is 7.65. The Balaban J connectivity index is 4.39. The lowest BCUT2D eigenvalue weighted by atomic mass is 10.0. The van der Waals surface area contributed by atoms with Gasteiger partial charge in [0.1, 0.15) is 6.61 Å². The first-order valence-corrected chi connectivity index (χ1v) is 28.8. The van der Waals surface area contributed by atoms with Crippen molar-refractivity contribution >= 4 is 11.9 Å². The van der Waals surface area contributed by atoms with E-state index in [9.17, 15) is 9.59 Å². The molecule has 1 atom stereocenters. The summed E-state index contributed by atoms with van der Waals surface area (Å²) in [4.78, 5) is 25.5. The van der Waals surface area contributed by atoms with Crippen molar-refractivity contribution in [3.05, 3.63) is 97.2 Å². The molecule has 0 aliphatic carbocycles. The molecule has 0 fully saturated rings. The van der Waals surface area contributed by atoms with E-state index in [0.29, 0.717) is 19.4 Å². The van der Waals surface area contributed by atoms with Gasteiger partial charge in [-0.2, -0.15) is 0 Å². The van der Waals surface area contributed by atoms with Crippen molar-refractivity contribution in [2.45, 2.75) is 271 Å². The van der Waals surface area contributed by atoms with Crippen LogP contribution in [-0.2, 0) is 23.8 Å². The predicted octanol–water partition coefficient (Wildman–Crippen LogP) is 19.8. The van der Waals surface area contributed by atoms with E-state index in [1.807, 2.05) is 0 Å². The van der Waals surface area contributed by atoms with Crippen LogP contribution in [-0.4, -0.2) is 37.9 Å². The molecule has 0 rings (SSSR count). The second kappa shape index (κ2) is 58.1. The maximum Gasteiger partial charge on any atom is 0.306 e. The highest BCUT2D eigenvalue weighted by Gasteiger charge is 2.17. The zero-order valence-corrected chi connectivity index (χ0v) is 44.8. The summed E-state index contributed by atoms with van der Waals surface area (Å²) in [5.74, 6) is -0.455. The van der Waals surface area contributed by atoms with Crippen LogP contribution in [0.25, 0.3) is 0 Å². The third-order valence-electron chi connectivity index (χ3n) is 12.1. The molecule has 0 saturated carbocycles. The zero-order valence-electron chi connectivity index (χ0n) is 44.8. The highest BCUT2D eigenvalue weighted by atomic mass is 16.6. The van der Waals surface area contributed by atoms with Gasteiger partial charge in [-0.15, -0.1) is 0 Å². The lowest BCUT2D eigenvalue weighted by Gasteiger charge is -2.18. The van der Waals surface area contributed by atoms with Gasteiger partial charge in [0.15, 0.2) is 6.10 Å². The van der Waals surface area contributed by atoms with Crippen LogP contribution in [0.15, 0.2) is 97.2 Å². The Hall–Kier alpha value is -3.18. The lowest BCUT2D eigenvalue weighted by Crippen LogP contribution is -2.30. The topological polar surface area (TPSA) is 61.8 Å². The van der Waals surface area contributed by atoms with E-state index in [2.05, 4.69) is 118 Å². The lowest BCUT2D eigenvalue weighted by molar-refractivity contribution is -0.163. The third kappa shape index (κ3) is 55.4. The molecule has 390 valence electrons. The number of hydrogen-bond donors (Lipinski definition) is 0. The van der Waals surface area contributed by atoms with Crippen LogP contribution in [0.4, 0.5) is 0 Å². The molecule has 0 heterocycles. The normalized spacial score (nSPS) is 12.9. The SMILES string of the molecule is CC/C=C\C/C=C\C/C=C\C/C=C\C/C=C\CCCCCC(=O)O[C@H](COCCCCCCCCCCCCCCCCCC)COC(=O)CCCCCC/C=C\C/C=C\C/C=C\CCCCC. The van der Waals surface area contributed by atoms with E-state index in [1.54, 1.807) is 0 Å². The van der Waals surface area contributed by atoms with Crippen molar-refractivity contribution in [1.29, 1.82) is 0 Å². The van der Waals surface area contributed by atoms with Crippen molar-refractivity contribution < 1.29 is 23.8 Å². The van der Waals surface area contributed by atoms with E-state index in [4.69, 9.17) is 14.2 Å². The number of allylic oxidation sites excluding steroid dienone is 16. The van der Waals surface area contributed by atoms with Crippen molar-refractivity contribution in [3.8, 4) is 0 Å². The summed E-state index contributed by atoms with van der Waals surface area (Å²) >= 11 is 0. The predicted molar refractivity (Wildman–Crippen MR) is 297 cm³/mol. The van der Waals surface area contributed by atoms with Gasteiger partial charge in [0.25, 0.3) is 0 Å². The van der Waals surface area contributed by atoms with Crippen molar-refractivity contribution in [2.75, 3.05) is 19.8 Å². The standard InChI is InChI=1S/C63H108O5/c1-4-7-10-13-16-19-22-25-28-31-32-34-36-39-42-45-48-51-54-57-63(65)68-61(59-66-58-55-52-49-46-43-40-37-30-27-24-21-18-15-12-9-6-3)60-67-62(64)56-53-50-47-44-41-38-35-33-29-26-23-20-17-14-11-8-5-2/h7,10,16-17,19-20,25-26,28-29,32,34-35,38-39,42,61H,4-6,8-9,11-15,18,21-24,27,30-31,33,36-37,40-41,43-60H2,1-3H3/b10-7-,19-16-,20-17-,28-25-,29-26-,34-32-,38-35-,42-39-/t61-/m1/s1. The molecule has 0 unspecified atom stereocenters. The zero-order chi connectivity index (χ0) is 49.2. The first kappa shape index (κ1) is 64.8. The number of carbonyl (C=O) groups excluding carboxylic acids is 2. The van der Waals surface area contributed by atoms with Crippen LogP contribution in [0.2, 0.25) is 0 Å². The quantitative estimate of drug-likeness (QED) is 0.0345. The Labute approximate surface area is 422 Å². The molecular weight excluding hydrogens is 837 g/mol. The van der Waals surface area contributed by atoms with E-state index in [-0.39, 0.29) is 25.2 Å². The fourth-order valence-electron chi connectivity index (χ4n) is 7.84. The second-order valence-electron chi connectivity index (χ2n) is 18.8. The van der Waals surface area contributed by atoms with Crippen LogP contribution < -0.4 is 0 Å². The van der Waals surface area contributed by atoms with Gasteiger partial charge in [-0.3, -0.25) is 9.59 Å². The van der Waals surface area contributed by atoms with Gasteiger partial charge in [0.05, 0.1) is 6.61 Å². The first-order chi connectivity index (χ1) is 33.6. The summed E-state index contributed by atoms with van der Waals surface area (Å²) in [5, 5.41) is 0. The van der Waals surface area contributed by atoms with E-state index in [1.165, 1.54) is 116 Å². The molecule has 0 bridgehead atoms. The van der Waals surface area contributed by atoms with Crippen molar-refractivity contribution in [1.82, 2.24) is 0 Å². The minimum absolute atomic E-state index is 0.0576. The van der Waals surface area contributed by atoms with E-state index >= 15 is 0 Å². The number of rotatable bonds is 52. The van der Waals surface area contributed by atoms with Crippen LogP contribution in [0, 0.1) is 0 Å². The third-order valence-corrected chi connectivity index (χ3v) is 12.1. The molecule has 5 heteroatoms. The maximum atomic E-state index is 12.9. The van der Waals surface area contributed by atoms with Crippen LogP contribution >= 0.6 is 0 Å². The molecule has 0 aliphatic heterocycles. The minimum Gasteiger partial charge on any atom is -0.462 e. The fourth-order valence-corrected chi connectivity index (χ4v) is 7.84. The van der Waals surface area contributed by atoms with Crippen LogP contribution in [0.5, 0.6) is 0 Å². The molecule has 68 heavy (non-hydrogen) atoms. The van der Waals surface area contributed by atoms with Gasteiger partial charge in [0.2, 0.25) is 0 Å². The van der Waals surface area contributed by atoms with Gasteiger partial charge in [-0.1, -0.05) is 246 Å². The smallest absolute Gasteiger partial charge is 0.306 e.